The third-order valence-electron chi connectivity index (χ3n) is 6.77. The SMILES string of the molecule is CC(C)[C@H](NC(=O)[C@@]1(NC(=O)Cc2ccc([N+](=O)[O-])cc2)CCc2[nH]c3ccccc3c2C1)C(N)=O. The molecule has 0 saturated carbocycles. The molecule has 10 nitrogen and oxygen atoms in total. The van der Waals surface area contributed by atoms with Gasteiger partial charge in [0.25, 0.3) is 5.69 Å². The monoisotopic (exact) mass is 491 g/mol. The van der Waals surface area contributed by atoms with Crippen molar-refractivity contribution in [2.75, 3.05) is 0 Å². The number of hydrogen-bond donors (Lipinski definition) is 4. The molecule has 0 bridgehead atoms. The highest BCUT2D eigenvalue weighted by atomic mass is 16.6. The van der Waals surface area contributed by atoms with E-state index in [-0.39, 0.29) is 24.4 Å². The number of nitro groups is 1. The Morgan fingerprint density at radius 1 is 1.14 bits per heavy atom. The minimum atomic E-state index is -1.29. The van der Waals surface area contributed by atoms with Gasteiger partial charge in [-0.05, 0) is 36.0 Å². The normalized spacial score (nSPS) is 17.9. The number of nitrogens with one attached hydrogen (secondary N) is 3. The van der Waals surface area contributed by atoms with Crippen molar-refractivity contribution in [2.24, 2.45) is 11.7 Å². The molecule has 0 unspecified atom stereocenters. The van der Waals surface area contributed by atoms with Crippen molar-refractivity contribution < 1.29 is 19.3 Å². The van der Waals surface area contributed by atoms with Gasteiger partial charge in [-0.3, -0.25) is 24.5 Å². The summed E-state index contributed by atoms with van der Waals surface area (Å²) in [6, 6.07) is 12.6. The molecule has 188 valence electrons. The largest absolute Gasteiger partial charge is 0.368 e. The predicted molar refractivity (Wildman–Crippen MR) is 134 cm³/mol. The van der Waals surface area contributed by atoms with Gasteiger partial charge in [0.05, 0.1) is 11.3 Å². The van der Waals surface area contributed by atoms with Crippen molar-refractivity contribution in [1.82, 2.24) is 15.6 Å². The quantitative estimate of drug-likeness (QED) is 0.280. The smallest absolute Gasteiger partial charge is 0.269 e. The van der Waals surface area contributed by atoms with Crippen LogP contribution in [0.1, 0.15) is 37.1 Å². The number of aryl methyl sites for hydroxylation is 1. The molecular weight excluding hydrogens is 462 g/mol. The van der Waals surface area contributed by atoms with Gasteiger partial charge < -0.3 is 21.4 Å². The van der Waals surface area contributed by atoms with Gasteiger partial charge in [-0.15, -0.1) is 0 Å². The van der Waals surface area contributed by atoms with Crippen LogP contribution in [0, 0.1) is 16.0 Å². The summed E-state index contributed by atoms with van der Waals surface area (Å²) in [4.78, 5) is 52.7. The molecule has 4 rings (SSSR count). The summed E-state index contributed by atoms with van der Waals surface area (Å²) in [6.07, 6.45) is 1.04. The highest BCUT2D eigenvalue weighted by Crippen LogP contribution is 2.34. The highest BCUT2D eigenvalue weighted by molar-refractivity contribution is 5.97. The Morgan fingerprint density at radius 2 is 1.83 bits per heavy atom. The number of carbonyl (C=O) groups excluding carboxylic acids is 3. The lowest BCUT2D eigenvalue weighted by Gasteiger charge is -2.38. The van der Waals surface area contributed by atoms with Gasteiger partial charge >= 0.3 is 0 Å². The number of rotatable bonds is 8. The lowest BCUT2D eigenvalue weighted by molar-refractivity contribution is -0.384. The van der Waals surface area contributed by atoms with E-state index in [1.807, 2.05) is 24.3 Å². The van der Waals surface area contributed by atoms with Gasteiger partial charge in [-0.1, -0.05) is 44.2 Å². The summed E-state index contributed by atoms with van der Waals surface area (Å²) in [6.45, 7) is 3.57. The van der Waals surface area contributed by atoms with Crippen molar-refractivity contribution in [2.45, 2.75) is 51.1 Å². The van der Waals surface area contributed by atoms with Gasteiger partial charge in [0, 0.05) is 35.2 Å². The van der Waals surface area contributed by atoms with Crippen LogP contribution in [0.4, 0.5) is 5.69 Å². The molecule has 0 aliphatic heterocycles. The zero-order valence-corrected chi connectivity index (χ0v) is 20.2. The molecule has 0 radical (unpaired) electrons. The Kier molecular flexibility index (Phi) is 6.78. The van der Waals surface area contributed by atoms with Gasteiger partial charge in [-0.25, -0.2) is 0 Å². The second-order valence-electron chi connectivity index (χ2n) is 9.63. The number of nitro benzene ring substituents is 1. The topological polar surface area (TPSA) is 160 Å². The Hall–Kier alpha value is -4.21. The van der Waals surface area contributed by atoms with Crippen LogP contribution in [0.25, 0.3) is 10.9 Å². The van der Waals surface area contributed by atoms with Crippen LogP contribution in [0.2, 0.25) is 0 Å². The van der Waals surface area contributed by atoms with E-state index in [0.717, 1.165) is 22.2 Å². The molecule has 2 aromatic carbocycles. The van der Waals surface area contributed by atoms with Crippen LogP contribution in [0.3, 0.4) is 0 Å². The molecule has 3 amide bonds. The molecule has 1 heterocycles. The molecule has 1 aliphatic rings. The number of para-hydroxylation sites is 1. The fourth-order valence-electron chi connectivity index (χ4n) is 4.83. The number of hydrogen-bond acceptors (Lipinski definition) is 5. The van der Waals surface area contributed by atoms with Gasteiger partial charge in [-0.2, -0.15) is 0 Å². The fourth-order valence-corrected chi connectivity index (χ4v) is 4.83. The van der Waals surface area contributed by atoms with E-state index < -0.39 is 34.2 Å². The molecular formula is C26H29N5O5. The Morgan fingerprint density at radius 3 is 2.47 bits per heavy atom. The number of primary amides is 1. The first kappa shape index (κ1) is 24.9. The van der Waals surface area contributed by atoms with Crippen molar-refractivity contribution in [3.05, 3.63) is 75.5 Å². The second-order valence-corrected chi connectivity index (χ2v) is 9.63. The first-order chi connectivity index (χ1) is 17.1. The van der Waals surface area contributed by atoms with Crippen molar-refractivity contribution in [1.29, 1.82) is 0 Å². The Bertz CT molecular complexity index is 1330. The molecule has 0 spiro atoms. The number of H-pyrrole nitrogens is 1. The van der Waals surface area contributed by atoms with E-state index in [2.05, 4.69) is 15.6 Å². The second kappa shape index (κ2) is 9.80. The van der Waals surface area contributed by atoms with Crippen molar-refractivity contribution in [3.63, 3.8) is 0 Å². The Balaban J connectivity index is 1.64. The number of amides is 3. The number of fused-ring (bicyclic) bond motifs is 3. The molecule has 10 heteroatoms. The third kappa shape index (κ3) is 4.93. The zero-order valence-electron chi connectivity index (χ0n) is 20.2. The fraction of sp³-hybridized carbons (Fsp3) is 0.346. The van der Waals surface area contributed by atoms with Crippen LogP contribution >= 0.6 is 0 Å². The number of carbonyl (C=O) groups is 3. The maximum absolute atomic E-state index is 13.7. The number of non-ortho nitro benzene ring substituents is 1. The first-order valence-electron chi connectivity index (χ1n) is 11.8. The molecule has 3 aromatic rings. The molecule has 1 aromatic heterocycles. The average molecular weight is 492 g/mol. The standard InChI is InChI=1S/C26H29N5O5/c1-15(2)23(24(27)33)29-25(34)26(30-22(32)13-16-7-9-17(10-8-16)31(35)36)12-11-21-19(14-26)18-5-3-4-6-20(18)28-21/h3-10,15,23,28H,11-14H2,1-2H3,(H2,27,33)(H,29,34)(H,30,32)/t23-,26+/m0/s1. The molecule has 5 N–H and O–H groups in total. The summed E-state index contributed by atoms with van der Waals surface area (Å²) in [5.41, 5.74) is 7.66. The summed E-state index contributed by atoms with van der Waals surface area (Å²) in [7, 11) is 0. The van der Waals surface area contributed by atoms with Crippen molar-refractivity contribution in [3.8, 4) is 0 Å². The van der Waals surface area contributed by atoms with Crippen LogP contribution in [0.15, 0.2) is 48.5 Å². The van der Waals surface area contributed by atoms with Crippen LogP contribution in [-0.2, 0) is 33.6 Å². The molecule has 36 heavy (non-hydrogen) atoms. The van der Waals surface area contributed by atoms with Crippen LogP contribution in [0.5, 0.6) is 0 Å². The van der Waals surface area contributed by atoms with Gasteiger partial charge in [0.2, 0.25) is 17.7 Å². The summed E-state index contributed by atoms with van der Waals surface area (Å²) in [5.74, 6) is -1.74. The maximum atomic E-state index is 13.7. The lowest BCUT2D eigenvalue weighted by atomic mass is 9.78. The highest BCUT2D eigenvalue weighted by Gasteiger charge is 2.45. The summed E-state index contributed by atoms with van der Waals surface area (Å²) < 4.78 is 0. The van der Waals surface area contributed by atoms with Gasteiger partial charge in [0.15, 0.2) is 0 Å². The van der Waals surface area contributed by atoms with E-state index in [0.29, 0.717) is 18.4 Å². The number of aromatic nitrogens is 1. The summed E-state index contributed by atoms with van der Waals surface area (Å²) in [5, 5.41) is 17.6. The minimum absolute atomic E-state index is 0.0583. The average Bonchev–Trinajstić information content (AvgIpc) is 3.20. The number of nitrogens with zero attached hydrogens (tertiary/aromatic N) is 1. The van der Waals surface area contributed by atoms with E-state index in [4.69, 9.17) is 5.73 Å². The molecule has 0 fully saturated rings. The minimum Gasteiger partial charge on any atom is -0.368 e. The van der Waals surface area contributed by atoms with Crippen molar-refractivity contribution >= 4 is 34.3 Å². The van der Waals surface area contributed by atoms with Crippen LogP contribution in [-0.4, -0.2) is 39.2 Å². The molecule has 2 atom stereocenters. The molecule has 0 saturated heterocycles. The lowest BCUT2D eigenvalue weighted by Crippen LogP contribution is -2.64. The zero-order chi connectivity index (χ0) is 26.0. The predicted octanol–water partition coefficient (Wildman–Crippen LogP) is 2.29. The summed E-state index contributed by atoms with van der Waals surface area (Å²) >= 11 is 0. The van der Waals surface area contributed by atoms with E-state index >= 15 is 0 Å². The third-order valence-corrected chi connectivity index (χ3v) is 6.77. The number of aromatic amines is 1. The molecule has 1 aliphatic carbocycles. The number of nitrogens with two attached hydrogens (primary N) is 1. The van der Waals surface area contributed by atoms with E-state index in [1.54, 1.807) is 13.8 Å². The number of benzene rings is 2. The van der Waals surface area contributed by atoms with E-state index in [1.165, 1.54) is 24.3 Å². The van der Waals surface area contributed by atoms with Crippen LogP contribution < -0.4 is 16.4 Å². The van der Waals surface area contributed by atoms with E-state index in [9.17, 15) is 24.5 Å². The first-order valence-corrected chi connectivity index (χ1v) is 11.8. The maximum Gasteiger partial charge on any atom is 0.269 e. The Labute approximate surface area is 207 Å². The van der Waals surface area contributed by atoms with Gasteiger partial charge in [0.1, 0.15) is 11.6 Å².